The highest BCUT2D eigenvalue weighted by Gasteiger charge is 2.34. The van der Waals surface area contributed by atoms with Gasteiger partial charge < -0.3 is 10.2 Å². The van der Waals surface area contributed by atoms with Gasteiger partial charge in [0.1, 0.15) is 0 Å². The maximum atomic E-state index is 12.3. The van der Waals surface area contributed by atoms with Crippen molar-refractivity contribution in [2.45, 2.75) is 20.3 Å². The Morgan fingerprint density at radius 3 is 2.30 bits per heavy atom. The smallest absolute Gasteiger partial charge is 0.225 e. The van der Waals surface area contributed by atoms with Crippen LogP contribution < -0.4 is 5.32 Å². The molecule has 0 aromatic rings. The number of nitrogens with zero attached hydrogens (tertiary/aromatic N) is 2. The van der Waals surface area contributed by atoms with Gasteiger partial charge >= 0.3 is 0 Å². The zero-order chi connectivity index (χ0) is 14.8. The van der Waals surface area contributed by atoms with Gasteiger partial charge in [-0.3, -0.25) is 4.79 Å². The van der Waals surface area contributed by atoms with Crippen molar-refractivity contribution in [1.82, 2.24) is 14.5 Å². The molecule has 2 saturated heterocycles. The summed E-state index contributed by atoms with van der Waals surface area (Å²) in [6.07, 6.45) is 0.632. The minimum Gasteiger partial charge on any atom is -0.340 e. The molecule has 0 radical (unpaired) electrons. The first-order chi connectivity index (χ1) is 9.45. The van der Waals surface area contributed by atoms with Crippen LogP contribution in [-0.2, 0) is 14.8 Å². The summed E-state index contributed by atoms with van der Waals surface area (Å²) < 4.78 is 25.5. The molecule has 7 heteroatoms. The Hall–Kier alpha value is -0.660. The Balaban J connectivity index is 1.86. The molecule has 1 amide bonds. The van der Waals surface area contributed by atoms with E-state index in [9.17, 15) is 13.2 Å². The minimum atomic E-state index is -3.13. The number of hydrogen-bond donors (Lipinski definition) is 1. The third-order valence-electron chi connectivity index (χ3n) is 4.32. The van der Waals surface area contributed by atoms with E-state index in [-0.39, 0.29) is 17.6 Å². The molecule has 20 heavy (non-hydrogen) atoms. The summed E-state index contributed by atoms with van der Waals surface area (Å²) in [6.45, 7) is 7.58. The summed E-state index contributed by atoms with van der Waals surface area (Å²) in [5, 5.41) is 3.18. The summed E-state index contributed by atoms with van der Waals surface area (Å²) in [6, 6.07) is 0. The average molecular weight is 303 g/mol. The van der Waals surface area contributed by atoms with Crippen molar-refractivity contribution in [2.75, 3.05) is 45.0 Å². The van der Waals surface area contributed by atoms with Crippen molar-refractivity contribution in [3.8, 4) is 0 Å². The molecule has 2 aliphatic heterocycles. The van der Waals surface area contributed by atoms with Gasteiger partial charge in [-0.2, -0.15) is 4.31 Å². The minimum absolute atomic E-state index is 0.0371. The van der Waals surface area contributed by atoms with E-state index >= 15 is 0 Å². The third-order valence-corrected chi connectivity index (χ3v) is 6.39. The molecule has 0 saturated carbocycles. The molecule has 1 atom stereocenters. The Morgan fingerprint density at radius 2 is 1.85 bits per heavy atom. The van der Waals surface area contributed by atoms with Crippen LogP contribution in [0.4, 0.5) is 0 Å². The average Bonchev–Trinajstić information content (AvgIpc) is 2.36. The number of sulfonamides is 1. The van der Waals surface area contributed by atoms with Gasteiger partial charge in [-0.15, -0.1) is 0 Å². The van der Waals surface area contributed by atoms with E-state index in [1.54, 1.807) is 0 Å². The van der Waals surface area contributed by atoms with Crippen LogP contribution in [0.25, 0.3) is 0 Å². The number of hydrogen-bond acceptors (Lipinski definition) is 4. The van der Waals surface area contributed by atoms with Crippen LogP contribution in [0.1, 0.15) is 20.3 Å². The van der Waals surface area contributed by atoms with Crippen LogP contribution in [0.15, 0.2) is 0 Å². The van der Waals surface area contributed by atoms with Crippen molar-refractivity contribution >= 4 is 15.9 Å². The SMILES string of the molecule is CCCS(=O)(=O)N1CCN(C(=O)C(C)C2CNC2)CC1. The molecule has 0 bridgehead atoms. The summed E-state index contributed by atoms with van der Waals surface area (Å²) in [7, 11) is -3.13. The van der Waals surface area contributed by atoms with E-state index < -0.39 is 10.0 Å². The standard InChI is InChI=1S/C13H25N3O3S/c1-3-8-20(18,19)16-6-4-15(5-7-16)13(17)11(2)12-9-14-10-12/h11-12,14H,3-10H2,1-2H3. The lowest BCUT2D eigenvalue weighted by Gasteiger charge is -2.38. The zero-order valence-corrected chi connectivity index (χ0v) is 13.2. The van der Waals surface area contributed by atoms with Gasteiger partial charge in [-0.25, -0.2) is 8.42 Å². The second-order valence-electron chi connectivity index (χ2n) is 5.75. The van der Waals surface area contributed by atoms with Crippen LogP contribution in [0.5, 0.6) is 0 Å². The van der Waals surface area contributed by atoms with Crippen LogP contribution in [0.3, 0.4) is 0 Å². The summed E-state index contributed by atoms with van der Waals surface area (Å²) in [5.74, 6) is 0.842. The molecule has 0 aliphatic carbocycles. The van der Waals surface area contributed by atoms with Gasteiger partial charge in [0.15, 0.2) is 0 Å². The Labute approximate surface area is 121 Å². The molecule has 2 aliphatic rings. The molecule has 2 heterocycles. The molecule has 1 N–H and O–H groups in total. The third kappa shape index (κ3) is 3.32. The quantitative estimate of drug-likeness (QED) is 0.759. The van der Waals surface area contributed by atoms with E-state index in [0.717, 1.165) is 13.1 Å². The Morgan fingerprint density at radius 1 is 1.25 bits per heavy atom. The van der Waals surface area contributed by atoms with E-state index in [1.165, 1.54) is 4.31 Å². The fourth-order valence-corrected chi connectivity index (χ4v) is 4.22. The number of nitrogens with one attached hydrogen (secondary N) is 1. The maximum absolute atomic E-state index is 12.3. The van der Waals surface area contributed by atoms with E-state index in [4.69, 9.17) is 0 Å². The monoisotopic (exact) mass is 303 g/mol. The van der Waals surface area contributed by atoms with Crippen molar-refractivity contribution in [2.24, 2.45) is 11.8 Å². The highest BCUT2D eigenvalue weighted by molar-refractivity contribution is 7.89. The van der Waals surface area contributed by atoms with Crippen molar-refractivity contribution in [3.63, 3.8) is 0 Å². The first-order valence-electron chi connectivity index (χ1n) is 7.43. The van der Waals surface area contributed by atoms with Gasteiger partial charge in [0.2, 0.25) is 15.9 Å². The second-order valence-corrected chi connectivity index (χ2v) is 7.84. The molecular formula is C13H25N3O3S. The van der Waals surface area contributed by atoms with Crippen molar-refractivity contribution in [3.05, 3.63) is 0 Å². The molecule has 6 nitrogen and oxygen atoms in total. The van der Waals surface area contributed by atoms with Gasteiger partial charge in [-0.1, -0.05) is 13.8 Å². The van der Waals surface area contributed by atoms with Gasteiger partial charge in [-0.05, 0) is 25.4 Å². The predicted octanol–water partition coefficient (Wildman–Crippen LogP) is -0.274. The van der Waals surface area contributed by atoms with Crippen LogP contribution in [0.2, 0.25) is 0 Å². The van der Waals surface area contributed by atoms with Crippen LogP contribution >= 0.6 is 0 Å². The van der Waals surface area contributed by atoms with Gasteiger partial charge in [0.25, 0.3) is 0 Å². The fourth-order valence-electron chi connectivity index (χ4n) is 2.73. The lowest BCUT2D eigenvalue weighted by molar-refractivity contribution is -0.138. The number of rotatable bonds is 5. The van der Waals surface area contributed by atoms with Gasteiger partial charge in [0.05, 0.1) is 5.75 Å². The zero-order valence-electron chi connectivity index (χ0n) is 12.3. The number of piperazine rings is 1. The second kappa shape index (κ2) is 6.41. The molecule has 116 valence electrons. The lowest BCUT2D eigenvalue weighted by Crippen LogP contribution is -2.55. The highest BCUT2D eigenvalue weighted by Crippen LogP contribution is 2.20. The molecule has 0 aromatic carbocycles. The van der Waals surface area contributed by atoms with Crippen LogP contribution in [-0.4, -0.2) is 68.6 Å². The van der Waals surface area contributed by atoms with Crippen molar-refractivity contribution in [1.29, 1.82) is 0 Å². The molecular weight excluding hydrogens is 278 g/mol. The summed E-state index contributed by atoms with van der Waals surface area (Å²) in [4.78, 5) is 14.2. The lowest BCUT2D eigenvalue weighted by atomic mass is 9.88. The van der Waals surface area contributed by atoms with E-state index in [0.29, 0.717) is 38.5 Å². The highest BCUT2D eigenvalue weighted by atomic mass is 32.2. The maximum Gasteiger partial charge on any atom is 0.225 e. The van der Waals surface area contributed by atoms with Crippen molar-refractivity contribution < 1.29 is 13.2 Å². The Kier molecular flexibility index (Phi) is 5.04. The number of carbonyl (C=O) groups excluding carboxylic acids is 1. The fraction of sp³-hybridized carbons (Fsp3) is 0.923. The summed E-state index contributed by atoms with van der Waals surface area (Å²) in [5.41, 5.74) is 0. The van der Waals surface area contributed by atoms with E-state index in [2.05, 4.69) is 5.32 Å². The molecule has 1 unspecified atom stereocenters. The predicted molar refractivity (Wildman–Crippen MR) is 77.8 cm³/mol. The topological polar surface area (TPSA) is 69.7 Å². The molecule has 0 aromatic heterocycles. The molecule has 0 spiro atoms. The normalized spacial score (nSPS) is 23.4. The number of amides is 1. The van der Waals surface area contributed by atoms with E-state index in [1.807, 2.05) is 18.7 Å². The first kappa shape index (κ1) is 15.7. The molecule has 2 rings (SSSR count). The largest absolute Gasteiger partial charge is 0.340 e. The summed E-state index contributed by atoms with van der Waals surface area (Å²) >= 11 is 0. The molecule has 2 fully saturated rings. The van der Waals surface area contributed by atoms with Gasteiger partial charge in [0, 0.05) is 32.1 Å². The first-order valence-corrected chi connectivity index (χ1v) is 9.04. The Bertz CT molecular complexity index is 440. The number of carbonyl (C=O) groups is 1. The van der Waals surface area contributed by atoms with Crippen LogP contribution in [0, 0.1) is 11.8 Å².